The average Bonchev–Trinajstić information content (AvgIpc) is 2.93. The fourth-order valence-electron chi connectivity index (χ4n) is 2.16. The Morgan fingerprint density at radius 1 is 1.17 bits per heavy atom. The Bertz CT molecular complexity index is 870. The second-order valence-corrected chi connectivity index (χ2v) is 7.16. The summed E-state index contributed by atoms with van der Waals surface area (Å²) in [5.41, 5.74) is 0.881. The summed E-state index contributed by atoms with van der Waals surface area (Å²) in [5, 5.41) is 9.58. The molecule has 7 heteroatoms. The fourth-order valence-corrected chi connectivity index (χ4v) is 3.44. The minimum Gasteiger partial charge on any atom is -0.280 e. The van der Waals surface area contributed by atoms with Crippen LogP contribution in [0.15, 0.2) is 46.6 Å². The molecule has 0 N–H and O–H groups in total. The average molecular weight is 349 g/mol. The van der Waals surface area contributed by atoms with Crippen LogP contribution in [0.2, 0.25) is 5.02 Å². The number of benzene rings is 1. The van der Waals surface area contributed by atoms with E-state index in [1.807, 2.05) is 6.20 Å². The molecule has 2 heterocycles. The minimum atomic E-state index is -0.196. The summed E-state index contributed by atoms with van der Waals surface area (Å²) in [6.07, 6.45) is 4.65. The fraction of sp³-hybridized carbons (Fsp3) is 0.312. The summed E-state index contributed by atoms with van der Waals surface area (Å²) in [7, 11) is 0. The predicted molar refractivity (Wildman–Crippen MR) is 93.8 cm³/mol. The van der Waals surface area contributed by atoms with Crippen LogP contribution in [0.25, 0.3) is 11.3 Å². The molecule has 23 heavy (non-hydrogen) atoms. The van der Waals surface area contributed by atoms with E-state index in [1.54, 1.807) is 51.2 Å². The van der Waals surface area contributed by atoms with Gasteiger partial charge in [0, 0.05) is 28.9 Å². The van der Waals surface area contributed by atoms with Crippen LogP contribution in [-0.4, -0.2) is 24.9 Å². The van der Waals surface area contributed by atoms with Gasteiger partial charge in [-0.3, -0.25) is 13.8 Å². The van der Waals surface area contributed by atoms with E-state index >= 15 is 0 Å². The van der Waals surface area contributed by atoms with Crippen LogP contribution in [0.4, 0.5) is 0 Å². The monoisotopic (exact) mass is 348 g/mol. The lowest BCUT2D eigenvalue weighted by Crippen LogP contribution is -2.20. The molecule has 3 rings (SSSR count). The van der Waals surface area contributed by atoms with Gasteiger partial charge in [-0.25, -0.2) is 0 Å². The van der Waals surface area contributed by atoms with E-state index in [0.717, 1.165) is 23.0 Å². The molecule has 0 unspecified atom stereocenters. The number of hydrogen-bond donors (Lipinski definition) is 0. The molecule has 3 aromatic rings. The number of aromatic nitrogens is 4. The Labute approximate surface area is 143 Å². The zero-order valence-electron chi connectivity index (χ0n) is 12.9. The molecule has 0 saturated heterocycles. The number of hydrogen-bond acceptors (Lipinski definition) is 4. The zero-order chi connectivity index (χ0) is 16.4. The van der Waals surface area contributed by atoms with E-state index in [-0.39, 0.29) is 5.56 Å². The van der Waals surface area contributed by atoms with Crippen molar-refractivity contribution in [1.29, 1.82) is 0 Å². The first-order chi connectivity index (χ1) is 11.1. The van der Waals surface area contributed by atoms with Crippen molar-refractivity contribution in [1.82, 2.24) is 19.2 Å². The maximum absolute atomic E-state index is 12.6. The first kappa shape index (κ1) is 16.1. The van der Waals surface area contributed by atoms with Crippen LogP contribution in [0, 0.1) is 5.92 Å². The molecular formula is C16H17ClN4OS. The van der Waals surface area contributed by atoms with Gasteiger partial charge in [-0.15, -0.1) is 10.2 Å². The molecule has 0 atom stereocenters. The number of nitrogens with zero attached hydrogens (tertiary/aromatic N) is 4. The van der Waals surface area contributed by atoms with Gasteiger partial charge in [0.1, 0.15) is 0 Å². The van der Waals surface area contributed by atoms with Gasteiger partial charge in [0.25, 0.3) is 0 Å². The Kier molecular flexibility index (Phi) is 4.73. The molecule has 0 amide bonds. The molecule has 120 valence electrons. The van der Waals surface area contributed by atoms with Crippen LogP contribution in [0.5, 0.6) is 0 Å². The highest BCUT2D eigenvalue weighted by Crippen LogP contribution is 2.19. The van der Waals surface area contributed by atoms with Crippen molar-refractivity contribution in [3.63, 3.8) is 0 Å². The molecule has 0 saturated carbocycles. The summed E-state index contributed by atoms with van der Waals surface area (Å²) >= 11 is 7.51. The molecule has 0 aliphatic heterocycles. The van der Waals surface area contributed by atoms with Gasteiger partial charge in [-0.05, 0) is 36.6 Å². The molecule has 0 bridgehead atoms. The molecule has 0 radical (unpaired) electrons. The Morgan fingerprint density at radius 3 is 2.61 bits per heavy atom. The smallest absolute Gasteiger partial charge is 0.280 e. The Balaban J connectivity index is 1.94. The Hall–Kier alpha value is -1.79. The summed E-state index contributed by atoms with van der Waals surface area (Å²) in [4.78, 5) is 12.6. The topological polar surface area (TPSA) is 52.2 Å². The van der Waals surface area contributed by atoms with E-state index in [2.05, 4.69) is 24.0 Å². The number of rotatable bonds is 5. The van der Waals surface area contributed by atoms with Gasteiger partial charge in [0.05, 0.1) is 0 Å². The molecule has 0 aliphatic carbocycles. The first-order valence-corrected chi connectivity index (χ1v) is 8.78. The van der Waals surface area contributed by atoms with Crippen molar-refractivity contribution in [2.75, 3.05) is 5.75 Å². The number of fused-ring (bicyclic) bond motifs is 1. The van der Waals surface area contributed by atoms with Gasteiger partial charge >= 0.3 is 5.56 Å². The lowest BCUT2D eigenvalue weighted by Gasteiger charge is -2.06. The minimum absolute atomic E-state index is 0.196. The van der Waals surface area contributed by atoms with E-state index in [4.69, 9.17) is 11.6 Å². The third-order valence-electron chi connectivity index (χ3n) is 3.47. The van der Waals surface area contributed by atoms with Crippen molar-refractivity contribution in [3.8, 4) is 5.69 Å². The van der Waals surface area contributed by atoms with Crippen LogP contribution >= 0.6 is 23.4 Å². The van der Waals surface area contributed by atoms with E-state index in [9.17, 15) is 4.79 Å². The SMILES string of the molecule is CC(C)CCSc1nnc2c(=O)n(-c3ccc(Cl)cc3)ccn12. The number of thioether (sulfide) groups is 1. The maximum Gasteiger partial charge on any atom is 0.300 e. The first-order valence-electron chi connectivity index (χ1n) is 7.41. The van der Waals surface area contributed by atoms with E-state index in [0.29, 0.717) is 16.6 Å². The second kappa shape index (κ2) is 6.76. The molecule has 2 aromatic heterocycles. The van der Waals surface area contributed by atoms with Crippen molar-refractivity contribution in [2.45, 2.75) is 25.4 Å². The van der Waals surface area contributed by atoms with Crippen molar-refractivity contribution in [3.05, 3.63) is 52.0 Å². The van der Waals surface area contributed by atoms with Gasteiger partial charge in [-0.1, -0.05) is 37.2 Å². The molecule has 0 aliphatic rings. The van der Waals surface area contributed by atoms with Crippen molar-refractivity contribution in [2.24, 2.45) is 5.92 Å². The maximum atomic E-state index is 12.6. The molecule has 1 aromatic carbocycles. The van der Waals surface area contributed by atoms with Crippen molar-refractivity contribution >= 4 is 29.0 Å². The van der Waals surface area contributed by atoms with Crippen LogP contribution in [0.3, 0.4) is 0 Å². The third kappa shape index (κ3) is 3.43. The number of halogens is 1. The Morgan fingerprint density at radius 2 is 1.91 bits per heavy atom. The molecule has 5 nitrogen and oxygen atoms in total. The van der Waals surface area contributed by atoms with Gasteiger partial charge < -0.3 is 0 Å². The zero-order valence-corrected chi connectivity index (χ0v) is 14.5. The van der Waals surface area contributed by atoms with Gasteiger partial charge in [-0.2, -0.15) is 0 Å². The predicted octanol–water partition coefficient (Wildman–Crippen LogP) is 3.67. The third-order valence-corrected chi connectivity index (χ3v) is 4.70. The summed E-state index contributed by atoms with van der Waals surface area (Å²) in [6.45, 7) is 4.38. The lowest BCUT2D eigenvalue weighted by atomic mass is 10.2. The van der Waals surface area contributed by atoms with Crippen LogP contribution in [0.1, 0.15) is 20.3 Å². The lowest BCUT2D eigenvalue weighted by molar-refractivity contribution is 0.631. The van der Waals surface area contributed by atoms with E-state index < -0.39 is 0 Å². The highest BCUT2D eigenvalue weighted by molar-refractivity contribution is 7.99. The highest BCUT2D eigenvalue weighted by Gasteiger charge is 2.12. The molecule has 0 spiro atoms. The largest absolute Gasteiger partial charge is 0.300 e. The van der Waals surface area contributed by atoms with Gasteiger partial charge in [0.2, 0.25) is 5.65 Å². The molecular weight excluding hydrogens is 332 g/mol. The standard InChI is InChI=1S/C16H17ClN4OS/c1-11(2)7-10-23-16-19-18-14-15(22)20(8-9-21(14)16)13-5-3-12(17)4-6-13/h3-6,8-9,11H,7,10H2,1-2H3. The summed E-state index contributed by atoms with van der Waals surface area (Å²) in [5.74, 6) is 1.60. The van der Waals surface area contributed by atoms with E-state index in [1.165, 1.54) is 0 Å². The van der Waals surface area contributed by atoms with Crippen LogP contribution in [-0.2, 0) is 0 Å². The van der Waals surface area contributed by atoms with Crippen LogP contribution < -0.4 is 5.56 Å². The molecule has 0 fully saturated rings. The normalized spacial score (nSPS) is 11.5. The quantitative estimate of drug-likeness (QED) is 0.660. The second-order valence-electron chi connectivity index (χ2n) is 5.66. The summed E-state index contributed by atoms with van der Waals surface area (Å²) < 4.78 is 3.29. The highest BCUT2D eigenvalue weighted by atomic mass is 35.5. The summed E-state index contributed by atoms with van der Waals surface area (Å²) in [6, 6.07) is 7.11. The van der Waals surface area contributed by atoms with Crippen molar-refractivity contribution < 1.29 is 0 Å². The van der Waals surface area contributed by atoms with Gasteiger partial charge in [0.15, 0.2) is 5.16 Å².